The molecule has 1 aliphatic heterocycles. The van der Waals surface area contributed by atoms with E-state index in [1.807, 2.05) is 36.4 Å². The van der Waals surface area contributed by atoms with Crippen molar-refractivity contribution in [3.8, 4) is 0 Å². The second-order valence-corrected chi connectivity index (χ2v) is 5.35. The first-order chi connectivity index (χ1) is 10.3. The summed E-state index contributed by atoms with van der Waals surface area (Å²) in [7, 11) is 0. The van der Waals surface area contributed by atoms with E-state index < -0.39 is 0 Å². The van der Waals surface area contributed by atoms with E-state index in [0.29, 0.717) is 16.9 Å². The highest BCUT2D eigenvalue weighted by atomic mass is 16.4. The van der Waals surface area contributed by atoms with E-state index in [0.717, 1.165) is 37.0 Å². The number of anilines is 1. The third-order valence-electron chi connectivity index (χ3n) is 4.03. The predicted octanol–water partition coefficient (Wildman–Crippen LogP) is 2.36. The number of rotatable bonds is 1. The van der Waals surface area contributed by atoms with Crippen molar-refractivity contribution in [2.45, 2.75) is 0 Å². The molecule has 1 N–H and O–H groups in total. The van der Waals surface area contributed by atoms with Crippen LogP contribution in [0.4, 0.5) is 5.88 Å². The monoisotopic (exact) mass is 280 g/mol. The van der Waals surface area contributed by atoms with Crippen LogP contribution in [0, 0.1) is 0 Å². The van der Waals surface area contributed by atoms with Crippen LogP contribution in [-0.4, -0.2) is 26.2 Å². The summed E-state index contributed by atoms with van der Waals surface area (Å²) in [6, 6.07) is 13.4. The lowest BCUT2D eigenvalue weighted by atomic mass is 10.1. The minimum absolute atomic E-state index is 0.0292. The molecule has 0 amide bonds. The smallest absolute Gasteiger partial charge is 0.200 e. The topological polar surface area (TPSA) is 45.5 Å². The molecule has 0 atom stereocenters. The third kappa shape index (κ3) is 2.08. The number of hydrogen-bond donors (Lipinski definition) is 1. The molecule has 1 fully saturated rings. The van der Waals surface area contributed by atoms with E-state index >= 15 is 0 Å². The molecule has 1 aliphatic rings. The highest BCUT2D eigenvalue weighted by molar-refractivity contribution is 6.05. The fourth-order valence-electron chi connectivity index (χ4n) is 2.96. The molecule has 0 spiro atoms. The van der Waals surface area contributed by atoms with Crippen molar-refractivity contribution in [1.82, 2.24) is 5.32 Å². The zero-order valence-electron chi connectivity index (χ0n) is 11.6. The molecule has 2 heterocycles. The van der Waals surface area contributed by atoms with Crippen molar-refractivity contribution in [3.05, 3.63) is 52.7 Å². The summed E-state index contributed by atoms with van der Waals surface area (Å²) in [4.78, 5) is 14.7. The van der Waals surface area contributed by atoms with Crippen LogP contribution >= 0.6 is 0 Å². The fraction of sp³-hybridized carbons (Fsp3) is 0.235. The molecule has 4 nitrogen and oxygen atoms in total. The van der Waals surface area contributed by atoms with Crippen LogP contribution in [-0.2, 0) is 0 Å². The lowest BCUT2D eigenvalue weighted by Gasteiger charge is -2.27. The minimum Gasteiger partial charge on any atom is -0.440 e. The van der Waals surface area contributed by atoms with E-state index in [4.69, 9.17) is 4.42 Å². The van der Waals surface area contributed by atoms with Gasteiger partial charge in [0.05, 0.1) is 5.39 Å². The van der Waals surface area contributed by atoms with Gasteiger partial charge in [0.15, 0.2) is 11.3 Å². The number of nitrogens with one attached hydrogen (secondary N) is 1. The summed E-state index contributed by atoms with van der Waals surface area (Å²) < 4.78 is 5.99. The molecule has 0 radical (unpaired) electrons. The van der Waals surface area contributed by atoms with Crippen LogP contribution in [0.2, 0.25) is 0 Å². The van der Waals surface area contributed by atoms with Crippen molar-refractivity contribution < 1.29 is 4.42 Å². The van der Waals surface area contributed by atoms with Crippen LogP contribution in [0.3, 0.4) is 0 Å². The molecule has 0 saturated carbocycles. The van der Waals surface area contributed by atoms with Gasteiger partial charge < -0.3 is 14.6 Å². The Bertz CT molecular complexity index is 863. The Morgan fingerprint density at radius 3 is 2.71 bits per heavy atom. The average molecular weight is 280 g/mol. The molecule has 0 unspecified atom stereocenters. The maximum atomic E-state index is 12.6. The van der Waals surface area contributed by atoms with Crippen LogP contribution in [0.15, 0.2) is 51.7 Å². The second kappa shape index (κ2) is 4.90. The first-order valence-electron chi connectivity index (χ1n) is 7.24. The van der Waals surface area contributed by atoms with Gasteiger partial charge in [-0.2, -0.15) is 0 Å². The summed E-state index contributed by atoms with van der Waals surface area (Å²) in [5.74, 6) is 0.671. The fourth-order valence-corrected chi connectivity index (χ4v) is 2.96. The van der Waals surface area contributed by atoms with Crippen molar-refractivity contribution in [1.29, 1.82) is 0 Å². The molecule has 4 rings (SSSR count). The summed E-state index contributed by atoms with van der Waals surface area (Å²) in [6.45, 7) is 3.56. The standard InChI is InChI=1S/C17H16N2O2/c20-14-11-16(19-9-7-18-8-10-19)21-15-6-5-12-3-1-2-4-13(12)17(14)15/h1-6,11,18H,7-10H2. The minimum atomic E-state index is 0.0292. The molecule has 4 heteroatoms. The van der Waals surface area contributed by atoms with Gasteiger partial charge in [0, 0.05) is 32.2 Å². The van der Waals surface area contributed by atoms with Crippen molar-refractivity contribution in [2.75, 3.05) is 31.1 Å². The zero-order chi connectivity index (χ0) is 14.2. The van der Waals surface area contributed by atoms with Gasteiger partial charge in [-0.1, -0.05) is 30.3 Å². The van der Waals surface area contributed by atoms with Gasteiger partial charge in [0.2, 0.25) is 0 Å². The van der Waals surface area contributed by atoms with Gasteiger partial charge >= 0.3 is 0 Å². The highest BCUT2D eigenvalue weighted by Crippen LogP contribution is 2.26. The summed E-state index contributed by atoms with van der Waals surface area (Å²) in [5.41, 5.74) is 0.691. The SMILES string of the molecule is O=c1cc(N2CCNCC2)oc2ccc3ccccc3c12. The van der Waals surface area contributed by atoms with Gasteiger partial charge in [-0.25, -0.2) is 0 Å². The average Bonchev–Trinajstić information content (AvgIpc) is 2.55. The van der Waals surface area contributed by atoms with Crippen LogP contribution in [0.25, 0.3) is 21.7 Å². The van der Waals surface area contributed by atoms with E-state index in [-0.39, 0.29) is 5.43 Å². The maximum absolute atomic E-state index is 12.6. The van der Waals surface area contributed by atoms with Crippen LogP contribution in [0.1, 0.15) is 0 Å². The van der Waals surface area contributed by atoms with E-state index in [9.17, 15) is 4.79 Å². The quantitative estimate of drug-likeness (QED) is 0.695. The number of nitrogens with zero attached hydrogens (tertiary/aromatic N) is 1. The second-order valence-electron chi connectivity index (χ2n) is 5.35. The van der Waals surface area contributed by atoms with E-state index in [1.54, 1.807) is 6.07 Å². The van der Waals surface area contributed by atoms with Gasteiger partial charge in [-0.05, 0) is 16.8 Å². The molecule has 0 aliphatic carbocycles. The Labute approximate surface area is 122 Å². The number of piperazine rings is 1. The van der Waals surface area contributed by atoms with Gasteiger partial charge in [-0.3, -0.25) is 4.79 Å². The van der Waals surface area contributed by atoms with E-state index in [2.05, 4.69) is 10.2 Å². The Balaban J connectivity index is 1.94. The maximum Gasteiger partial charge on any atom is 0.200 e. The molecule has 21 heavy (non-hydrogen) atoms. The Hall–Kier alpha value is -2.33. The molecule has 3 aromatic rings. The number of benzene rings is 2. The lowest BCUT2D eigenvalue weighted by molar-refractivity contribution is 0.521. The van der Waals surface area contributed by atoms with E-state index in [1.165, 1.54) is 0 Å². The Morgan fingerprint density at radius 2 is 1.86 bits per heavy atom. The predicted molar refractivity (Wildman–Crippen MR) is 85.1 cm³/mol. The Morgan fingerprint density at radius 1 is 1.05 bits per heavy atom. The molecule has 1 saturated heterocycles. The number of fused-ring (bicyclic) bond motifs is 3. The van der Waals surface area contributed by atoms with Crippen molar-refractivity contribution >= 4 is 27.6 Å². The molecule has 1 aromatic heterocycles. The summed E-state index contributed by atoms with van der Waals surface area (Å²) in [5, 5.41) is 5.99. The number of hydrogen-bond acceptors (Lipinski definition) is 4. The first kappa shape index (κ1) is 12.4. The van der Waals surface area contributed by atoms with Gasteiger partial charge in [0.1, 0.15) is 5.58 Å². The Kier molecular flexibility index (Phi) is 2.89. The van der Waals surface area contributed by atoms with Crippen molar-refractivity contribution in [2.24, 2.45) is 0 Å². The highest BCUT2D eigenvalue weighted by Gasteiger charge is 2.15. The van der Waals surface area contributed by atoms with Crippen LogP contribution in [0.5, 0.6) is 0 Å². The normalized spacial score (nSPS) is 15.7. The van der Waals surface area contributed by atoms with Crippen molar-refractivity contribution in [3.63, 3.8) is 0 Å². The molecular formula is C17H16N2O2. The molecule has 0 bridgehead atoms. The molecule has 106 valence electrons. The van der Waals surface area contributed by atoms with Crippen LogP contribution < -0.4 is 15.6 Å². The van der Waals surface area contributed by atoms with Gasteiger partial charge in [0.25, 0.3) is 0 Å². The molecular weight excluding hydrogens is 264 g/mol. The first-order valence-corrected chi connectivity index (χ1v) is 7.24. The lowest BCUT2D eigenvalue weighted by Crippen LogP contribution is -2.43. The molecule has 2 aromatic carbocycles. The third-order valence-corrected chi connectivity index (χ3v) is 4.03. The summed E-state index contributed by atoms with van der Waals surface area (Å²) >= 11 is 0. The van der Waals surface area contributed by atoms with Gasteiger partial charge in [-0.15, -0.1) is 0 Å². The largest absolute Gasteiger partial charge is 0.440 e. The zero-order valence-corrected chi connectivity index (χ0v) is 11.6. The summed E-state index contributed by atoms with van der Waals surface area (Å²) in [6.07, 6.45) is 0.